The van der Waals surface area contributed by atoms with E-state index in [1.807, 2.05) is 26.0 Å². The molecule has 0 saturated carbocycles. The van der Waals surface area contributed by atoms with Crippen LogP contribution < -0.4 is 15.8 Å². The van der Waals surface area contributed by atoms with Gasteiger partial charge in [0.25, 0.3) is 11.5 Å². The molecular formula is C22H20FN3O3. The number of pyridine rings is 1. The molecule has 0 bridgehead atoms. The normalized spacial score (nSPS) is 13.0. The molecule has 7 heteroatoms. The van der Waals surface area contributed by atoms with Crippen LogP contribution in [0.1, 0.15) is 29.8 Å². The minimum absolute atomic E-state index is 0.0544. The maximum atomic E-state index is 13.3. The van der Waals surface area contributed by atoms with Gasteiger partial charge in [-0.25, -0.2) is 4.39 Å². The average Bonchev–Trinajstić information content (AvgIpc) is 3.09. The van der Waals surface area contributed by atoms with Gasteiger partial charge in [0.05, 0.1) is 5.52 Å². The van der Waals surface area contributed by atoms with Gasteiger partial charge in [0, 0.05) is 23.8 Å². The molecule has 29 heavy (non-hydrogen) atoms. The van der Waals surface area contributed by atoms with E-state index in [0.717, 1.165) is 11.3 Å². The molecule has 2 amide bonds. The molecule has 0 aliphatic carbocycles. The summed E-state index contributed by atoms with van der Waals surface area (Å²) in [5, 5.41) is 3.30. The van der Waals surface area contributed by atoms with Gasteiger partial charge in [0.1, 0.15) is 11.4 Å². The Labute approximate surface area is 166 Å². The first-order valence-corrected chi connectivity index (χ1v) is 9.42. The van der Waals surface area contributed by atoms with E-state index in [0.29, 0.717) is 29.6 Å². The van der Waals surface area contributed by atoms with Crippen LogP contribution in [0.2, 0.25) is 0 Å². The summed E-state index contributed by atoms with van der Waals surface area (Å²) in [5.74, 6) is -1.04. The van der Waals surface area contributed by atoms with E-state index < -0.39 is 17.3 Å². The molecule has 0 spiro atoms. The molecular weight excluding hydrogens is 373 g/mol. The van der Waals surface area contributed by atoms with Crippen LogP contribution in [0.25, 0.3) is 10.9 Å². The molecule has 1 aliphatic heterocycles. The number of H-pyrrole nitrogens is 1. The maximum absolute atomic E-state index is 13.3. The molecule has 0 radical (unpaired) electrons. The van der Waals surface area contributed by atoms with Crippen LogP contribution in [0.15, 0.2) is 47.3 Å². The molecule has 2 N–H and O–H groups in total. The molecule has 2 aromatic carbocycles. The van der Waals surface area contributed by atoms with E-state index in [-0.39, 0.29) is 17.4 Å². The van der Waals surface area contributed by atoms with Crippen LogP contribution in [0.4, 0.5) is 15.8 Å². The van der Waals surface area contributed by atoms with Gasteiger partial charge in [-0.3, -0.25) is 14.4 Å². The number of nitrogens with zero attached hydrogens (tertiary/aromatic N) is 1. The van der Waals surface area contributed by atoms with E-state index in [2.05, 4.69) is 10.3 Å². The van der Waals surface area contributed by atoms with Gasteiger partial charge in [0.15, 0.2) is 0 Å². The zero-order valence-electron chi connectivity index (χ0n) is 16.1. The van der Waals surface area contributed by atoms with Gasteiger partial charge >= 0.3 is 0 Å². The van der Waals surface area contributed by atoms with Gasteiger partial charge in [-0.2, -0.15) is 0 Å². The Kier molecular flexibility index (Phi) is 4.66. The van der Waals surface area contributed by atoms with Crippen molar-refractivity contribution in [2.24, 2.45) is 5.92 Å². The third-order valence-electron chi connectivity index (χ3n) is 5.05. The zero-order chi connectivity index (χ0) is 20.7. The number of hydrogen-bond acceptors (Lipinski definition) is 3. The second kappa shape index (κ2) is 7.16. The standard InChI is InChI=1S/C22H20FN3O3/c1-12(2)22(29)26-8-7-14-9-16(5-6-19(14)26)24-20(27)17-10-13-3-4-15(23)11-18(13)25-21(17)28/h3-6,9-12H,7-8H2,1-2H3,(H,24,27)(H,25,28). The number of hydrogen-bond donors (Lipinski definition) is 2. The molecule has 1 aromatic heterocycles. The Balaban J connectivity index is 1.59. The van der Waals surface area contributed by atoms with Gasteiger partial charge in [0.2, 0.25) is 5.91 Å². The van der Waals surface area contributed by atoms with Crippen LogP contribution in [0.3, 0.4) is 0 Å². The highest BCUT2D eigenvalue weighted by atomic mass is 19.1. The fourth-order valence-corrected chi connectivity index (χ4v) is 3.56. The van der Waals surface area contributed by atoms with Crippen molar-refractivity contribution >= 4 is 34.1 Å². The lowest BCUT2D eigenvalue weighted by molar-refractivity contribution is -0.121. The topological polar surface area (TPSA) is 82.3 Å². The molecule has 0 unspecified atom stereocenters. The predicted molar refractivity (Wildman–Crippen MR) is 110 cm³/mol. The number of fused-ring (bicyclic) bond motifs is 2. The number of carbonyl (C=O) groups is 2. The summed E-state index contributed by atoms with van der Waals surface area (Å²) >= 11 is 0. The monoisotopic (exact) mass is 393 g/mol. The maximum Gasteiger partial charge on any atom is 0.261 e. The second-order valence-electron chi connectivity index (χ2n) is 7.44. The lowest BCUT2D eigenvalue weighted by atomic mass is 10.1. The van der Waals surface area contributed by atoms with E-state index in [4.69, 9.17) is 0 Å². The number of aromatic nitrogens is 1. The molecule has 148 valence electrons. The van der Waals surface area contributed by atoms with Crippen molar-refractivity contribution < 1.29 is 14.0 Å². The van der Waals surface area contributed by atoms with E-state index >= 15 is 0 Å². The van der Waals surface area contributed by atoms with Gasteiger partial charge in [-0.05, 0) is 59.8 Å². The summed E-state index contributed by atoms with van der Waals surface area (Å²) in [5.41, 5.74) is 2.06. The number of halogens is 1. The Morgan fingerprint density at radius 2 is 1.93 bits per heavy atom. The minimum Gasteiger partial charge on any atom is -0.322 e. The molecule has 2 heterocycles. The van der Waals surface area contributed by atoms with Crippen molar-refractivity contribution in [1.29, 1.82) is 0 Å². The summed E-state index contributed by atoms with van der Waals surface area (Å²) in [6.07, 6.45) is 0.708. The molecule has 1 aliphatic rings. The molecule has 4 rings (SSSR count). The molecule has 0 atom stereocenters. The number of nitrogens with one attached hydrogen (secondary N) is 2. The van der Waals surface area contributed by atoms with Gasteiger partial charge < -0.3 is 15.2 Å². The smallest absolute Gasteiger partial charge is 0.261 e. The van der Waals surface area contributed by atoms with Crippen molar-refractivity contribution in [3.8, 4) is 0 Å². The average molecular weight is 393 g/mol. The van der Waals surface area contributed by atoms with Crippen LogP contribution in [-0.2, 0) is 11.2 Å². The second-order valence-corrected chi connectivity index (χ2v) is 7.44. The largest absolute Gasteiger partial charge is 0.322 e. The summed E-state index contributed by atoms with van der Waals surface area (Å²) in [7, 11) is 0. The van der Waals surface area contributed by atoms with E-state index in [1.54, 1.807) is 11.0 Å². The lowest BCUT2D eigenvalue weighted by Gasteiger charge is -2.19. The highest BCUT2D eigenvalue weighted by Crippen LogP contribution is 2.31. The zero-order valence-corrected chi connectivity index (χ0v) is 16.1. The Morgan fingerprint density at radius 3 is 2.69 bits per heavy atom. The van der Waals surface area contributed by atoms with Crippen molar-refractivity contribution in [2.75, 3.05) is 16.8 Å². The minimum atomic E-state index is -0.588. The quantitative estimate of drug-likeness (QED) is 0.715. The van der Waals surface area contributed by atoms with Crippen molar-refractivity contribution in [3.63, 3.8) is 0 Å². The predicted octanol–water partition coefficient (Wildman–Crippen LogP) is 3.46. The highest BCUT2D eigenvalue weighted by Gasteiger charge is 2.26. The summed E-state index contributed by atoms with van der Waals surface area (Å²) in [6.45, 7) is 4.35. The number of rotatable bonds is 3. The molecule has 3 aromatic rings. The SMILES string of the molecule is CC(C)C(=O)N1CCc2cc(NC(=O)c3cc4ccc(F)cc4[nH]c3=O)ccc21. The van der Waals surface area contributed by atoms with Crippen molar-refractivity contribution in [1.82, 2.24) is 4.98 Å². The number of anilines is 2. The van der Waals surface area contributed by atoms with Crippen molar-refractivity contribution in [3.05, 3.63) is 69.8 Å². The summed E-state index contributed by atoms with van der Waals surface area (Å²) in [6, 6.07) is 10.8. The number of amides is 2. The summed E-state index contributed by atoms with van der Waals surface area (Å²) in [4.78, 5) is 41.5. The number of carbonyl (C=O) groups excluding carboxylic acids is 2. The highest BCUT2D eigenvalue weighted by molar-refractivity contribution is 6.06. The fraction of sp³-hybridized carbons (Fsp3) is 0.227. The molecule has 0 fully saturated rings. The van der Waals surface area contributed by atoms with Gasteiger partial charge in [-0.15, -0.1) is 0 Å². The number of aromatic amines is 1. The Morgan fingerprint density at radius 1 is 1.14 bits per heavy atom. The molecule has 6 nitrogen and oxygen atoms in total. The third kappa shape index (κ3) is 3.51. The van der Waals surface area contributed by atoms with Crippen LogP contribution in [-0.4, -0.2) is 23.3 Å². The Bertz CT molecular complexity index is 1200. The van der Waals surface area contributed by atoms with Crippen LogP contribution in [0.5, 0.6) is 0 Å². The number of benzene rings is 2. The first-order valence-electron chi connectivity index (χ1n) is 9.42. The third-order valence-corrected chi connectivity index (χ3v) is 5.05. The van der Waals surface area contributed by atoms with Gasteiger partial charge in [-0.1, -0.05) is 13.8 Å². The van der Waals surface area contributed by atoms with E-state index in [9.17, 15) is 18.8 Å². The first kappa shape index (κ1) is 18.9. The van der Waals surface area contributed by atoms with Crippen LogP contribution >= 0.6 is 0 Å². The first-order chi connectivity index (χ1) is 13.8. The lowest BCUT2D eigenvalue weighted by Crippen LogP contribution is -2.32. The fourth-order valence-electron chi connectivity index (χ4n) is 3.56. The molecule has 0 saturated heterocycles. The van der Waals surface area contributed by atoms with E-state index in [1.165, 1.54) is 24.3 Å². The van der Waals surface area contributed by atoms with Crippen molar-refractivity contribution in [2.45, 2.75) is 20.3 Å². The Hall–Kier alpha value is -3.48. The van der Waals surface area contributed by atoms with Crippen LogP contribution in [0, 0.1) is 11.7 Å². The summed E-state index contributed by atoms with van der Waals surface area (Å²) < 4.78 is 13.3.